The van der Waals surface area contributed by atoms with Gasteiger partial charge in [-0.15, -0.1) is 0 Å². The summed E-state index contributed by atoms with van der Waals surface area (Å²) in [5.41, 5.74) is 1.19. The molecule has 0 aliphatic carbocycles. The lowest BCUT2D eigenvalue weighted by atomic mass is 10.2. The third-order valence-corrected chi connectivity index (χ3v) is 4.07. The maximum absolute atomic E-state index is 13.3. The van der Waals surface area contributed by atoms with Gasteiger partial charge in [-0.1, -0.05) is 36.4 Å². The topological polar surface area (TPSA) is 9.23 Å². The number of benzene rings is 2. The molecule has 100 valence electrons. The van der Waals surface area contributed by atoms with Crippen molar-refractivity contribution in [3.63, 3.8) is 0 Å². The second-order valence-corrected chi connectivity index (χ2v) is 5.37. The average molecular weight is 298 g/mol. The molecule has 0 bridgehead atoms. The quantitative estimate of drug-likeness (QED) is 0.550. The Morgan fingerprint density at radius 1 is 0.737 bits per heavy atom. The van der Waals surface area contributed by atoms with Gasteiger partial charge in [0.15, 0.2) is 0 Å². The molecule has 5 heteroatoms. The van der Waals surface area contributed by atoms with E-state index in [1.807, 2.05) is 0 Å². The van der Waals surface area contributed by atoms with Gasteiger partial charge in [-0.05, 0) is 12.1 Å². The highest BCUT2D eigenvalue weighted by molar-refractivity contribution is 8.07. The first-order chi connectivity index (χ1) is 9.27. The molecule has 0 aliphatic rings. The average Bonchev–Trinajstić information content (AvgIpc) is 2.42. The molecule has 2 aromatic rings. The highest BCUT2D eigenvalue weighted by Gasteiger charge is 2.03. The lowest BCUT2D eigenvalue weighted by Gasteiger charge is -2.04. The van der Waals surface area contributed by atoms with E-state index >= 15 is 0 Å². The summed E-state index contributed by atoms with van der Waals surface area (Å²) in [6.45, 7) is 0. The van der Waals surface area contributed by atoms with Crippen molar-refractivity contribution in [2.75, 3.05) is 0 Å². The van der Waals surface area contributed by atoms with E-state index < -0.39 is 0 Å². The summed E-state index contributed by atoms with van der Waals surface area (Å²) in [5.74, 6) is 0.379. The van der Waals surface area contributed by atoms with Crippen molar-refractivity contribution >= 4 is 24.1 Å². The van der Waals surface area contributed by atoms with Crippen molar-refractivity contribution in [2.45, 2.75) is 11.5 Å². The van der Waals surface area contributed by atoms with Gasteiger partial charge in [0.1, 0.15) is 11.6 Å². The van der Waals surface area contributed by atoms with Crippen LogP contribution in [0.4, 0.5) is 8.78 Å². The van der Waals surface area contributed by atoms with E-state index in [0.29, 0.717) is 22.6 Å². The van der Waals surface area contributed by atoms with Crippen molar-refractivity contribution < 1.29 is 12.4 Å². The lowest BCUT2D eigenvalue weighted by molar-refractivity contribution is 0.615. The predicted octanol–water partition coefficient (Wildman–Crippen LogP) is 4.98. The van der Waals surface area contributed by atoms with Crippen LogP contribution in [-0.4, -0.2) is 0 Å². The highest BCUT2D eigenvalue weighted by atomic mass is 32.2. The van der Waals surface area contributed by atoms with Crippen LogP contribution in [0.5, 0.6) is 0 Å². The molecule has 0 unspecified atom stereocenters. The van der Waals surface area contributed by atoms with Crippen LogP contribution in [0.2, 0.25) is 0 Å². The van der Waals surface area contributed by atoms with E-state index in [-0.39, 0.29) is 11.6 Å². The summed E-state index contributed by atoms with van der Waals surface area (Å²) >= 11 is 2.29. The minimum atomic E-state index is -0.238. The zero-order chi connectivity index (χ0) is 13.5. The number of hydrogen-bond acceptors (Lipinski definition) is 3. The molecule has 0 atom stereocenters. The third kappa shape index (κ3) is 4.53. The number of hydrogen-bond donors (Lipinski definition) is 0. The minimum absolute atomic E-state index is 0.238. The molecule has 0 saturated carbocycles. The van der Waals surface area contributed by atoms with Crippen LogP contribution in [0.3, 0.4) is 0 Å². The molecule has 0 radical (unpaired) electrons. The summed E-state index contributed by atoms with van der Waals surface area (Å²) in [7, 11) is 0. The van der Waals surface area contributed by atoms with Gasteiger partial charge in [-0.25, -0.2) is 12.4 Å². The van der Waals surface area contributed by atoms with E-state index in [1.165, 1.54) is 12.1 Å². The Kier molecular flexibility index (Phi) is 5.69. The fourth-order valence-corrected chi connectivity index (χ4v) is 2.82. The smallest absolute Gasteiger partial charge is 0.127 e. The molecule has 0 saturated heterocycles. The predicted molar refractivity (Wildman–Crippen MR) is 76.5 cm³/mol. The molecule has 0 aliphatic heterocycles. The summed E-state index contributed by atoms with van der Waals surface area (Å²) in [6.07, 6.45) is 0. The molecule has 19 heavy (non-hydrogen) atoms. The monoisotopic (exact) mass is 298 g/mol. The zero-order valence-corrected chi connectivity index (χ0v) is 11.6. The van der Waals surface area contributed by atoms with Crippen molar-refractivity contribution in [1.29, 1.82) is 0 Å². The molecular formula is C14H12F2OS2. The van der Waals surface area contributed by atoms with Crippen molar-refractivity contribution in [3.05, 3.63) is 71.3 Å². The Labute approximate surface area is 119 Å². The molecule has 2 rings (SSSR count). The van der Waals surface area contributed by atoms with Gasteiger partial charge in [0.05, 0.1) is 0 Å². The van der Waals surface area contributed by atoms with E-state index in [4.69, 9.17) is 3.63 Å². The molecule has 0 heterocycles. The van der Waals surface area contributed by atoms with Gasteiger partial charge in [-0.2, -0.15) is 0 Å². The largest absolute Gasteiger partial charge is 0.247 e. The van der Waals surface area contributed by atoms with Crippen LogP contribution in [0.1, 0.15) is 11.1 Å². The van der Waals surface area contributed by atoms with E-state index in [1.54, 1.807) is 36.4 Å². The lowest BCUT2D eigenvalue weighted by Crippen LogP contribution is -1.88. The molecule has 0 amide bonds. The molecule has 2 aromatic carbocycles. The first kappa shape index (κ1) is 14.4. The Hall–Kier alpha value is -1.04. The first-order valence-electron chi connectivity index (χ1n) is 5.65. The number of halogens is 2. The number of rotatable bonds is 6. The summed E-state index contributed by atoms with van der Waals surface area (Å²) in [5, 5.41) is 0. The Morgan fingerprint density at radius 2 is 1.16 bits per heavy atom. The van der Waals surface area contributed by atoms with Gasteiger partial charge in [0.25, 0.3) is 0 Å². The Balaban J connectivity index is 1.71. The maximum atomic E-state index is 13.3. The van der Waals surface area contributed by atoms with Crippen molar-refractivity contribution in [1.82, 2.24) is 0 Å². The van der Waals surface area contributed by atoms with Gasteiger partial charge < -0.3 is 0 Å². The standard InChI is InChI=1S/C14H12F2OS2/c15-13-7-3-1-5-11(13)9-18-17-19-10-12-6-2-4-8-14(12)16/h1-8H,9-10H2. The summed E-state index contributed by atoms with van der Waals surface area (Å²) in [6, 6.07) is 13.1. The second kappa shape index (κ2) is 7.53. The Morgan fingerprint density at radius 3 is 1.58 bits per heavy atom. The molecule has 1 nitrogen and oxygen atoms in total. The van der Waals surface area contributed by atoms with Crippen LogP contribution in [0.25, 0.3) is 0 Å². The van der Waals surface area contributed by atoms with Gasteiger partial charge in [-0.3, -0.25) is 0 Å². The van der Waals surface area contributed by atoms with E-state index in [2.05, 4.69) is 0 Å². The zero-order valence-electron chi connectivity index (χ0n) is 10.0. The van der Waals surface area contributed by atoms with E-state index in [9.17, 15) is 8.78 Å². The van der Waals surface area contributed by atoms with Gasteiger partial charge in [0.2, 0.25) is 0 Å². The van der Waals surface area contributed by atoms with Crippen LogP contribution in [-0.2, 0) is 15.1 Å². The molecule has 0 N–H and O–H groups in total. The minimum Gasteiger partial charge on any atom is -0.247 e. The second-order valence-electron chi connectivity index (χ2n) is 3.78. The normalized spacial score (nSPS) is 10.6. The van der Waals surface area contributed by atoms with Crippen LogP contribution < -0.4 is 0 Å². The molecule has 0 fully saturated rings. The summed E-state index contributed by atoms with van der Waals surface area (Å²) < 4.78 is 31.8. The fourth-order valence-electron chi connectivity index (χ4n) is 1.44. The SMILES string of the molecule is Fc1ccccc1CSOSCc1ccccc1F. The summed E-state index contributed by atoms with van der Waals surface area (Å²) in [4.78, 5) is 0. The highest BCUT2D eigenvalue weighted by Crippen LogP contribution is 2.24. The molecule has 0 spiro atoms. The Bertz CT molecular complexity index is 487. The van der Waals surface area contributed by atoms with Gasteiger partial charge >= 0.3 is 0 Å². The van der Waals surface area contributed by atoms with Crippen molar-refractivity contribution in [2.24, 2.45) is 0 Å². The van der Waals surface area contributed by atoms with Crippen LogP contribution >= 0.6 is 24.1 Å². The van der Waals surface area contributed by atoms with Crippen LogP contribution in [0, 0.1) is 11.6 Å². The maximum Gasteiger partial charge on any atom is 0.127 e. The van der Waals surface area contributed by atoms with E-state index in [0.717, 1.165) is 24.1 Å². The van der Waals surface area contributed by atoms with Crippen LogP contribution in [0.15, 0.2) is 48.5 Å². The third-order valence-electron chi connectivity index (χ3n) is 2.44. The fraction of sp³-hybridized carbons (Fsp3) is 0.143. The first-order valence-corrected chi connectivity index (χ1v) is 7.47. The molecule has 0 aromatic heterocycles. The molecular weight excluding hydrogens is 286 g/mol. The van der Waals surface area contributed by atoms with Gasteiger partial charge in [0, 0.05) is 46.7 Å². The van der Waals surface area contributed by atoms with Crippen molar-refractivity contribution in [3.8, 4) is 0 Å².